The summed E-state index contributed by atoms with van der Waals surface area (Å²) in [6, 6.07) is 3.15. The third-order valence-corrected chi connectivity index (χ3v) is 4.55. The van der Waals surface area contributed by atoms with Gasteiger partial charge in [-0.2, -0.15) is 0 Å². The van der Waals surface area contributed by atoms with Gasteiger partial charge in [-0.1, -0.05) is 6.92 Å². The van der Waals surface area contributed by atoms with E-state index in [1.54, 1.807) is 6.92 Å². The molecule has 0 aliphatic heterocycles. The molecule has 1 aromatic carbocycles. The lowest BCUT2D eigenvalue weighted by molar-refractivity contribution is 0.0696. The van der Waals surface area contributed by atoms with Crippen LogP contribution in [-0.2, 0) is 10.0 Å². The standard InChI is InChI=1S/C13H19NO6S/c1-3-10(6-7-15)14-21(18,19)12-5-4-9(13(16)17)8-11(12)20-2/h4-5,8,10,14-15H,3,6-7H2,1-2H3,(H,16,17). The minimum Gasteiger partial charge on any atom is -0.495 e. The van der Waals surface area contributed by atoms with Gasteiger partial charge in [-0.05, 0) is 31.0 Å². The van der Waals surface area contributed by atoms with Crippen molar-refractivity contribution in [1.29, 1.82) is 0 Å². The van der Waals surface area contributed by atoms with Gasteiger partial charge in [-0.3, -0.25) is 0 Å². The SMILES string of the molecule is CCC(CCO)NS(=O)(=O)c1ccc(C(=O)O)cc1OC. The molecule has 1 rings (SSSR count). The molecule has 0 bridgehead atoms. The van der Waals surface area contributed by atoms with Crippen molar-refractivity contribution in [1.82, 2.24) is 4.72 Å². The van der Waals surface area contributed by atoms with Gasteiger partial charge in [0.15, 0.2) is 0 Å². The van der Waals surface area contributed by atoms with E-state index in [0.29, 0.717) is 12.8 Å². The maximum absolute atomic E-state index is 12.3. The fraction of sp³-hybridized carbons (Fsp3) is 0.462. The molecular formula is C13H19NO6S. The van der Waals surface area contributed by atoms with E-state index in [4.69, 9.17) is 14.9 Å². The van der Waals surface area contributed by atoms with Gasteiger partial charge >= 0.3 is 5.97 Å². The van der Waals surface area contributed by atoms with Gasteiger partial charge in [-0.25, -0.2) is 17.9 Å². The Bertz CT molecular complexity index is 599. The Balaban J connectivity index is 3.15. The molecule has 3 N–H and O–H groups in total. The number of aliphatic hydroxyl groups is 1. The van der Waals surface area contributed by atoms with Gasteiger partial charge in [-0.15, -0.1) is 0 Å². The quantitative estimate of drug-likeness (QED) is 0.654. The maximum atomic E-state index is 12.3. The second-order valence-electron chi connectivity index (χ2n) is 4.41. The van der Waals surface area contributed by atoms with Crippen LogP contribution in [0.4, 0.5) is 0 Å². The molecule has 0 aliphatic carbocycles. The van der Waals surface area contributed by atoms with Gasteiger partial charge in [0, 0.05) is 12.6 Å². The first-order chi connectivity index (χ1) is 9.85. The molecule has 0 aromatic heterocycles. The van der Waals surface area contributed by atoms with Crippen LogP contribution >= 0.6 is 0 Å². The summed E-state index contributed by atoms with van der Waals surface area (Å²) in [6.07, 6.45) is 0.820. The van der Waals surface area contributed by atoms with E-state index < -0.39 is 22.0 Å². The van der Waals surface area contributed by atoms with Crippen LogP contribution in [0.3, 0.4) is 0 Å². The molecule has 0 fully saturated rings. The number of nitrogens with one attached hydrogen (secondary N) is 1. The number of carboxylic acids is 1. The van der Waals surface area contributed by atoms with Gasteiger partial charge in [0.05, 0.1) is 12.7 Å². The Kier molecular flexibility index (Phi) is 6.13. The first-order valence-corrected chi connectivity index (χ1v) is 7.88. The summed E-state index contributed by atoms with van der Waals surface area (Å²) in [5.74, 6) is -1.21. The largest absolute Gasteiger partial charge is 0.495 e. The van der Waals surface area contributed by atoms with E-state index in [1.165, 1.54) is 19.2 Å². The highest BCUT2D eigenvalue weighted by molar-refractivity contribution is 7.89. The van der Waals surface area contributed by atoms with Crippen molar-refractivity contribution in [3.05, 3.63) is 23.8 Å². The van der Waals surface area contributed by atoms with Crippen molar-refractivity contribution >= 4 is 16.0 Å². The summed E-state index contributed by atoms with van der Waals surface area (Å²) in [7, 11) is -2.59. The zero-order chi connectivity index (χ0) is 16.0. The zero-order valence-corrected chi connectivity index (χ0v) is 12.7. The van der Waals surface area contributed by atoms with Crippen molar-refractivity contribution in [2.24, 2.45) is 0 Å². The molecule has 0 amide bonds. The van der Waals surface area contributed by atoms with E-state index in [0.717, 1.165) is 6.07 Å². The number of hydrogen-bond donors (Lipinski definition) is 3. The van der Waals surface area contributed by atoms with Crippen molar-refractivity contribution in [3.63, 3.8) is 0 Å². The number of methoxy groups -OCH3 is 1. The zero-order valence-electron chi connectivity index (χ0n) is 11.9. The summed E-state index contributed by atoms with van der Waals surface area (Å²) >= 11 is 0. The molecule has 0 saturated heterocycles. The second-order valence-corrected chi connectivity index (χ2v) is 6.09. The summed E-state index contributed by atoms with van der Waals surface area (Å²) in [6.45, 7) is 1.67. The van der Waals surface area contributed by atoms with Crippen LogP contribution in [0, 0.1) is 0 Å². The third-order valence-electron chi connectivity index (χ3n) is 2.99. The average Bonchev–Trinajstić information content (AvgIpc) is 2.45. The molecule has 1 unspecified atom stereocenters. The van der Waals surface area contributed by atoms with Crippen LogP contribution in [-0.4, -0.2) is 44.4 Å². The maximum Gasteiger partial charge on any atom is 0.335 e. The van der Waals surface area contributed by atoms with E-state index in [9.17, 15) is 13.2 Å². The number of carboxylic acid groups (broad SMARTS) is 1. The van der Waals surface area contributed by atoms with E-state index >= 15 is 0 Å². The van der Waals surface area contributed by atoms with Crippen LogP contribution in [0.2, 0.25) is 0 Å². The second kappa shape index (κ2) is 7.39. The predicted octanol–water partition coefficient (Wildman–Crippen LogP) is 0.833. The lowest BCUT2D eigenvalue weighted by Crippen LogP contribution is -2.35. The number of benzene rings is 1. The average molecular weight is 317 g/mol. The number of hydrogen-bond acceptors (Lipinski definition) is 5. The Morgan fingerprint density at radius 3 is 2.57 bits per heavy atom. The molecule has 0 spiro atoms. The monoisotopic (exact) mass is 317 g/mol. The number of ether oxygens (including phenoxy) is 1. The Morgan fingerprint density at radius 1 is 1.43 bits per heavy atom. The minimum absolute atomic E-state index is 0.0405. The first kappa shape index (κ1) is 17.4. The van der Waals surface area contributed by atoms with Gasteiger partial charge in [0.25, 0.3) is 0 Å². The van der Waals surface area contributed by atoms with Crippen molar-refractivity contribution in [3.8, 4) is 5.75 Å². The number of aliphatic hydroxyl groups excluding tert-OH is 1. The highest BCUT2D eigenvalue weighted by Gasteiger charge is 2.23. The van der Waals surface area contributed by atoms with Gasteiger partial charge < -0.3 is 14.9 Å². The van der Waals surface area contributed by atoms with Crippen LogP contribution in [0.15, 0.2) is 23.1 Å². The van der Waals surface area contributed by atoms with Crippen LogP contribution < -0.4 is 9.46 Å². The van der Waals surface area contributed by atoms with Crippen LogP contribution in [0.1, 0.15) is 30.1 Å². The summed E-state index contributed by atoms with van der Waals surface area (Å²) in [5, 5.41) is 17.8. The van der Waals surface area contributed by atoms with E-state index in [1.807, 2.05) is 0 Å². The smallest absolute Gasteiger partial charge is 0.335 e. The van der Waals surface area contributed by atoms with Gasteiger partial charge in [0.1, 0.15) is 10.6 Å². The molecular weight excluding hydrogens is 298 g/mol. The summed E-state index contributed by atoms with van der Waals surface area (Å²) in [5.41, 5.74) is -0.0619. The predicted molar refractivity (Wildman–Crippen MR) is 76.1 cm³/mol. The Labute approximate surface area is 123 Å². The van der Waals surface area contributed by atoms with Crippen LogP contribution in [0.5, 0.6) is 5.75 Å². The molecule has 7 nitrogen and oxygen atoms in total. The topological polar surface area (TPSA) is 113 Å². The molecule has 118 valence electrons. The summed E-state index contributed by atoms with van der Waals surface area (Å²) in [4.78, 5) is 10.8. The number of aromatic carboxylic acids is 1. The number of rotatable bonds is 8. The summed E-state index contributed by atoms with van der Waals surface area (Å²) < 4.78 is 32.1. The lowest BCUT2D eigenvalue weighted by Gasteiger charge is -2.17. The molecule has 0 aliphatic rings. The molecule has 21 heavy (non-hydrogen) atoms. The van der Waals surface area contributed by atoms with Gasteiger partial charge in [0.2, 0.25) is 10.0 Å². The Hall–Kier alpha value is -1.64. The van der Waals surface area contributed by atoms with Crippen molar-refractivity contribution < 1.29 is 28.2 Å². The molecule has 0 saturated carbocycles. The van der Waals surface area contributed by atoms with Crippen molar-refractivity contribution in [2.75, 3.05) is 13.7 Å². The van der Waals surface area contributed by atoms with Crippen molar-refractivity contribution in [2.45, 2.75) is 30.7 Å². The van der Waals surface area contributed by atoms with Crippen LogP contribution in [0.25, 0.3) is 0 Å². The highest BCUT2D eigenvalue weighted by Crippen LogP contribution is 2.25. The fourth-order valence-corrected chi connectivity index (χ4v) is 3.31. The first-order valence-electron chi connectivity index (χ1n) is 6.40. The minimum atomic E-state index is -3.86. The molecule has 8 heteroatoms. The molecule has 1 aromatic rings. The highest BCUT2D eigenvalue weighted by atomic mass is 32.2. The third kappa shape index (κ3) is 4.42. The number of sulfonamides is 1. The molecule has 0 heterocycles. The lowest BCUT2D eigenvalue weighted by atomic mass is 10.2. The fourth-order valence-electron chi connectivity index (χ4n) is 1.81. The normalized spacial score (nSPS) is 12.9. The number of carbonyl (C=O) groups is 1. The van der Waals surface area contributed by atoms with E-state index in [2.05, 4.69) is 4.72 Å². The van der Waals surface area contributed by atoms with E-state index in [-0.39, 0.29) is 22.8 Å². The molecule has 1 atom stereocenters. The molecule has 0 radical (unpaired) electrons. The Morgan fingerprint density at radius 2 is 2.10 bits per heavy atom.